The van der Waals surface area contributed by atoms with Gasteiger partial charge in [-0.25, -0.2) is 9.37 Å². The smallest absolute Gasteiger partial charge is 0.134 e. The zero-order chi connectivity index (χ0) is 14.8. The quantitative estimate of drug-likeness (QED) is 0.767. The molecule has 2 nitrogen and oxygen atoms in total. The van der Waals surface area contributed by atoms with Gasteiger partial charge in [0.1, 0.15) is 16.9 Å². The number of aryl methyl sites for hydroxylation is 1. The third kappa shape index (κ3) is 3.03. The fourth-order valence-electron chi connectivity index (χ4n) is 2.52. The standard InChI is InChI=1S/C17H15FN2S/c1-11-2-7-15-16(8-11)21-17(20-15)13(10-19)9-12-3-5-14(18)6-4-12/h3-6,9,11H,2,7-8H2,1H3. The van der Waals surface area contributed by atoms with Crippen LogP contribution in [0, 0.1) is 23.1 Å². The van der Waals surface area contributed by atoms with Crippen molar-refractivity contribution in [2.75, 3.05) is 0 Å². The Balaban J connectivity index is 1.94. The highest BCUT2D eigenvalue weighted by Gasteiger charge is 2.20. The van der Waals surface area contributed by atoms with Crippen LogP contribution in [0.2, 0.25) is 0 Å². The molecule has 1 unspecified atom stereocenters. The molecule has 0 spiro atoms. The van der Waals surface area contributed by atoms with Crippen molar-refractivity contribution in [2.45, 2.75) is 26.2 Å². The highest BCUT2D eigenvalue weighted by atomic mass is 32.1. The van der Waals surface area contributed by atoms with Crippen LogP contribution in [0.1, 0.15) is 34.5 Å². The molecule has 1 heterocycles. The molecule has 1 aromatic carbocycles. The molecule has 0 bridgehead atoms. The minimum atomic E-state index is -0.274. The van der Waals surface area contributed by atoms with Crippen LogP contribution in [-0.4, -0.2) is 4.98 Å². The van der Waals surface area contributed by atoms with Gasteiger partial charge in [0.25, 0.3) is 0 Å². The first-order chi connectivity index (χ1) is 10.2. The lowest BCUT2D eigenvalue weighted by molar-refractivity contribution is 0.502. The molecule has 1 aliphatic rings. The summed E-state index contributed by atoms with van der Waals surface area (Å²) in [6.07, 6.45) is 5.00. The van der Waals surface area contributed by atoms with Crippen LogP contribution in [0.4, 0.5) is 4.39 Å². The van der Waals surface area contributed by atoms with E-state index in [1.165, 1.54) is 23.4 Å². The Morgan fingerprint density at radius 2 is 2.19 bits per heavy atom. The molecular formula is C17H15FN2S. The maximum atomic E-state index is 12.9. The number of halogens is 1. The number of benzene rings is 1. The second kappa shape index (κ2) is 5.79. The molecule has 1 aromatic heterocycles. The zero-order valence-corrected chi connectivity index (χ0v) is 12.6. The van der Waals surface area contributed by atoms with E-state index in [1.807, 2.05) is 0 Å². The van der Waals surface area contributed by atoms with E-state index in [9.17, 15) is 9.65 Å². The Hall–Kier alpha value is -1.99. The summed E-state index contributed by atoms with van der Waals surface area (Å²) in [4.78, 5) is 5.93. The minimum absolute atomic E-state index is 0.274. The largest absolute Gasteiger partial charge is 0.240 e. The number of nitriles is 1. The Labute approximate surface area is 127 Å². The number of fused-ring (bicyclic) bond motifs is 1. The third-order valence-corrected chi connectivity index (χ3v) is 4.87. The number of allylic oxidation sites excluding steroid dienone is 1. The zero-order valence-electron chi connectivity index (χ0n) is 11.8. The maximum Gasteiger partial charge on any atom is 0.134 e. The molecule has 21 heavy (non-hydrogen) atoms. The van der Waals surface area contributed by atoms with Crippen LogP contribution >= 0.6 is 11.3 Å². The van der Waals surface area contributed by atoms with Gasteiger partial charge in [-0.05, 0) is 49.0 Å². The molecule has 106 valence electrons. The number of thiazole rings is 1. The lowest BCUT2D eigenvalue weighted by atomic mass is 9.93. The summed E-state index contributed by atoms with van der Waals surface area (Å²) in [6, 6.07) is 8.35. The van der Waals surface area contributed by atoms with Gasteiger partial charge in [-0.15, -0.1) is 11.3 Å². The molecule has 1 atom stereocenters. The molecular weight excluding hydrogens is 283 g/mol. The molecule has 0 saturated carbocycles. The van der Waals surface area contributed by atoms with Crippen LogP contribution < -0.4 is 0 Å². The van der Waals surface area contributed by atoms with Gasteiger partial charge in [0.2, 0.25) is 0 Å². The molecule has 2 aromatic rings. The average Bonchev–Trinajstić information content (AvgIpc) is 2.89. The summed E-state index contributed by atoms with van der Waals surface area (Å²) in [5, 5.41) is 10.2. The Morgan fingerprint density at radius 3 is 2.90 bits per heavy atom. The molecule has 0 N–H and O–H groups in total. The fourth-order valence-corrected chi connectivity index (χ4v) is 3.76. The van der Waals surface area contributed by atoms with Crippen molar-refractivity contribution in [3.05, 3.63) is 51.2 Å². The summed E-state index contributed by atoms with van der Waals surface area (Å²) in [5.74, 6) is 0.418. The predicted octanol–water partition coefficient (Wildman–Crippen LogP) is 4.47. The van der Waals surface area contributed by atoms with E-state index in [2.05, 4.69) is 18.0 Å². The fraction of sp³-hybridized carbons (Fsp3) is 0.294. The van der Waals surface area contributed by atoms with Crippen molar-refractivity contribution < 1.29 is 4.39 Å². The molecule has 4 heteroatoms. The van der Waals surface area contributed by atoms with E-state index in [-0.39, 0.29) is 5.82 Å². The SMILES string of the molecule is CC1CCc2nc(C(C#N)=Cc3ccc(F)cc3)sc2C1. The first kappa shape index (κ1) is 14.0. The minimum Gasteiger partial charge on any atom is -0.240 e. The Bertz CT molecular complexity index is 722. The monoisotopic (exact) mass is 298 g/mol. The molecule has 3 rings (SSSR count). The van der Waals surface area contributed by atoms with E-state index in [0.717, 1.165) is 29.1 Å². The third-order valence-electron chi connectivity index (χ3n) is 3.72. The van der Waals surface area contributed by atoms with Gasteiger partial charge in [-0.2, -0.15) is 5.26 Å². The summed E-state index contributed by atoms with van der Waals surface area (Å²) >= 11 is 1.62. The van der Waals surface area contributed by atoms with Gasteiger partial charge in [-0.3, -0.25) is 0 Å². The molecule has 1 aliphatic carbocycles. The summed E-state index contributed by atoms with van der Waals surface area (Å²) < 4.78 is 12.9. The predicted molar refractivity (Wildman–Crippen MR) is 83.2 cm³/mol. The van der Waals surface area contributed by atoms with Crippen molar-refractivity contribution in [1.82, 2.24) is 4.98 Å². The average molecular weight is 298 g/mol. The summed E-state index contributed by atoms with van der Waals surface area (Å²) in [6.45, 7) is 2.25. The number of rotatable bonds is 2. The second-order valence-corrected chi connectivity index (χ2v) is 6.54. The van der Waals surface area contributed by atoms with Gasteiger partial charge in [0, 0.05) is 4.88 Å². The van der Waals surface area contributed by atoms with Crippen LogP contribution in [0.5, 0.6) is 0 Å². The number of hydrogen-bond donors (Lipinski definition) is 0. The van der Waals surface area contributed by atoms with Crippen LogP contribution in [0.3, 0.4) is 0 Å². The highest BCUT2D eigenvalue weighted by molar-refractivity contribution is 7.13. The van der Waals surface area contributed by atoms with E-state index in [0.29, 0.717) is 11.5 Å². The number of hydrogen-bond acceptors (Lipinski definition) is 3. The molecule has 0 saturated heterocycles. The molecule has 0 amide bonds. The van der Waals surface area contributed by atoms with Crippen LogP contribution in [0.25, 0.3) is 11.6 Å². The maximum absolute atomic E-state index is 12.9. The van der Waals surface area contributed by atoms with Crippen molar-refractivity contribution in [1.29, 1.82) is 5.26 Å². The van der Waals surface area contributed by atoms with Gasteiger partial charge >= 0.3 is 0 Å². The summed E-state index contributed by atoms with van der Waals surface area (Å²) in [5.41, 5.74) is 2.51. The van der Waals surface area contributed by atoms with E-state index >= 15 is 0 Å². The first-order valence-corrected chi connectivity index (χ1v) is 7.83. The second-order valence-electron chi connectivity index (χ2n) is 5.46. The number of nitrogens with zero attached hydrogens (tertiary/aromatic N) is 2. The van der Waals surface area contributed by atoms with E-state index in [4.69, 9.17) is 0 Å². The lowest BCUT2D eigenvalue weighted by Crippen LogP contribution is -2.09. The summed E-state index contributed by atoms with van der Waals surface area (Å²) in [7, 11) is 0. The van der Waals surface area contributed by atoms with Crippen LogP contribution in [-0.2, 0) is 12.8 Å². The van der Waals surface area contributed by atoms with Crippen LogP contribution in [0.15, 0.2) is 24.3 Å². The lowest BCUT2D eigenvalue weighted by Gasteiger charge is -2.15. The first-order valence-electron chi connectivity index (χ1n) is 7.02. The van der Waals surface area contributed by atoms with Gasteiger partial charge in [-0.1, -0.05) is 19.1 Å². The molecule has 0 fully saturated rings. The van der Waals surface area contributed by atoms with E-state index < -0.39 is 0 Å². The highest BCUT2D eigenvalue weighted by Crippen LogP contribution is 2.33. The topological polar surface area (TPSA) is 36.7 Å². The van der Waals surface area contributed by atoms with Crippen molar-refractivity contribution in [2.24, 2.45) is 5.92 Å². The van der Waals surface area contributed by atoms with Crippen molar-refractivity contribution in [3.8, 4) is 6.07 Å². The van der Waals surface area contributed by atoms with Crippen molar-refractivity contribution in [3.63, 3.8) is 0 Å². The van der Waals surface area contributed by atoms with Gasteiger partial charge in [0.05, 0.1) is 11.3 Å². The Morgan fingerprint density at radius 1 is 1.43 bits per heavy atom. The molecule has 0 aliphatic heterocycles. The van der Waals surface area contributed by atoms with E-state index in [1.54, 1.807) is 29.5 Å². The molecule has 0 radical (unpaired) electrons. The van der Waals surface area contributed by atoms with Gasteiger partial charge in [0.15, 0.2) is 0 Å². The normalized spacial score (nSPS) is 18.1. The van der Waals surface area contributed by atoms with Crippen molar-refractivity contribution >= 4 is 23.0 Å². The Kier molecular flexibility index (Phi) is 3.85. The van der Waals surface area contributed by atoms with Gasteiger partial charge < -0.3 is 0 Å². The number of aromatic nitrogens is 1.